The molecule has 1 unspecified atom stereocenters. The number of hydrogen-bond donors (Lipinski definition) is 1. The molecular weight excluding hydrogens is 398 g/mol. The number of nitrogens with zero attached hydrogens (tertiary/aromatic N) is 2. The molecule has 1 amide bonds. The number of aromatic nitrogens is 2. The number of para-hydroxylation sites is 1. The molecule has 0 bridgehead atoms. The van der Waals surface area contributed by atoms with Gasteiger partial charge < -0.3 is 4.90 Å². The van der Waals surface area contributed by atoms with Gasteiger partial charge in [0.1, 0.15) is 0 Å². The number of hydrogen-bond acceptors (Lipinski definition) is 2. The van der Waals surface area contributed by atoms with Crippen molar-refractivity contribution in [3.05, 3.63) is 87.8 Å². The first kappa shape index (κ1) is 20.8. The third-order valence-corrected chi connectivity index (χ3v) is 7.21. The Bertz CT molecular complexity index is 1110. The van der Waals surface area contributed by atoms with Crippen LogP contribution in [0.2, 0.25) is 0 Å². The topological polar surface area (TPSA) is 58.1 Å². The molecule has 1 aliphatic heterocycles. The molecule has 5 nitrogen and oxygen atoms in total. The lowest BCUT2D eigenvalue weighted by atomic mass is 9.89. The fourth-order valence-corrected chi connectivity index (χ4v) is 5.33. The van der Waals surface area contributed by atoms with Crippen molar-refractivity contribution in [1.82, 2.24) is 14.7 Å². The zero-order valence-electron chi connectivity index (χ0n) is 18.5. The number of likely N-dealkylation sites (tertiary alicyclic amines) is 1. The molecule has 1 aliphatic carbocycles. The van der Waals surface area contributed by atoms with E-state index in [1.165, 1.54) is 5.56 Å². The molecule has 1 atom stereocenters. The van der Waals surface area contributed by atoms with Gasteiger partial charge in [-0.25, -0.2) is 4.68 Å². The SMILES string of the molecule is O=C(C1CCc2[nH]n(-c3ccccc3)c(=O)c2CC1)N1CCC(Cc2ccccc2)CC1. The summed E-state index contributed by atoms with van der Waals surface area (Å²) in [5.41, 5.74) is 4.13. The quantitative estimate of drug-likeness (QED) is 0.634. The van der Waals surface area contributed by atoms with Gasteiger partial charge >= 0.3 is 0 Å². The van der Waals surface area contributed by atoms with E-state index in [0.717, 1.165) is 68.6 Å². The monoisotopic (exact) mass is 429 g/mol. The fraction of sp³-hybridized carbons (Fsp3) is 0.407. The second-order valence-corrected chi connectivity index (χ2v) is 9.28. The minimum Gasteiger partial charge on any atom is -0.342 e. The zero-order chi connectivity index (χ0) is 21.9. The molecule has 5 rings (SSSR count). The van der Waals surface area contributed by atoms with Crippen LogP contribution in [0.4, 0.5) is 0 Å². The Balaban J connectivity index is 1.19. The largest absolute Gasteiger partial charge is 0.342 e. The van der Waals surface area contributed by atoms with Crippen molar-refractivity contribution in [2.45, 2.75) is 44.9 Å². The van der Waals surface area contributed by atoms with Gasteiger partial charge in [-0.2, -0.15) is 0 Å². The summed E-state index contributed by atoms with van der Waals surface area (Å²) < 4.78 is 1.64. The molecule has 1 saturated heterocycles. The molecule has 0 radical (unpaired) electrons. The van der Waals surface area contributed by atoms with E-state index >= 15 is 0 Å². The van der Waals surface area contributed by atoms with Crippen LogP contribution in [-0.4, -0.2) is 33.7 Å². The second kappa shape index (κ2) is 9.19. The van der Waals surface area contributed by atoms with Gasteiger partial charge in [-0.05, 0) is 68.6 Å². The Labute approximate surface area is 189 Å². The average Bonchev–Trinajstić information content (AvgIpc) is 3.01. The zero-order valence-corrected chi connectivity index (χ0v) is 18.5. The summed E-state index contributed by atoms with van der Waals surface area (Å²) >= 11 is 0. The summed E-state index contributed by atoms with van der Waals surface area (Å²) in [6, 6.07) is 20.3. The van der Waals surface area contributed by atoms with E-state index in [9.17, 15) is 9.59 Å². The lowest BCUT2D eigenvalue weighted by Gasteiger charge is -2.34. The van der Waals surface area contributed by atoms with E-state index in [0.29, 0.717) is 12.3 Å². The van der Waals surface area contributed by atoms with Crippen LogP contribution in [0, 0.1) is 11.8 Å². The molecule has 166 valence electrons. The molecule has 2 aromatic carbocycles. The molecule has 1 aromatic heterocycles. The molecule has 2 heterocycles. The highest BCUT2D eigenvalue weighted by molar-refractivity contribution is 5.79. The lowest BCUT2D eigenvalue weighted by molar-refractivity contribution is -0.137. The van der Waals surface area contributed by atoms with Crippen LogP contribution in [0.1, 0.15) is 42.5 Å². The highest BCUT2D eigenvalue weighted by Gasteiger charge is 2.31. The molecule has 2 aliphatic rings. The van der Waals surface area contributed by atoms with Gasteiger partial charge in [-0.1, -0.05) is 48.5 Å². The van der Waals surface area contributed by atoms with Gasteiger partial charge in [0.05, 0.1) is 5.69 Å². The van der Waals surface area contributed by atoms with E-state index in [2.05, 4.69) is 40.3 Å². The highest BCUT2D eigenvalue weighted by atomic mass is 16.2. The number of fused-ring (bicyclic) bond motifs is 1. The maximum absolute atomic E-state index is 13.2. The van der Waals surface area contributed by atoms with Gasteiger partial charge in [0, 0.05) is 30.3 Å². The maximum atomic E-state index is 13.2. The van der Waals surface area contributed by atoms with Gasteiger partial charge in [0.2, 0.25) is 5.91 Å². The molecule has 32 heavy (non-hydrogen) atoms. The predicted molar refractivity (Wildman–Crippen MR) is 126 cm³/mol. The second-order valence-electron chi connectivity index (χ2n) is 9.28. The summed E-state index contributed by atoms with van der Waals surface area (Å²) in [7, 11) is 0. The molecular formula is C27H31N3O2. The number of benzene rings is 2. The number of aryl methyl sites for hydroxylation is 1. The molecule has 1 N–H and O–H groups in total. The van der Waals surface area contributed by atoms with Gasteiger partial charge in [0.25, 0.3) is 5.56 Å². The Morgan fingerprint density at radius 3 is 2.25 bits per heavy atom. The molecule has 3 aromatic rings. The first-order chi connectivity index (χ1) is 15.7. The number of amides is 1. The van der Waals surface area contributed by atoms with Crippen LogP contribution >= 0.6 is 0 Å². The summed E-state index contributed by atoms with van der Waals surface area (Å²) in [5.74, 6) is 0.967. The van der Waals surface area contributed by atoms with Crippen molar-refractivity contribution in [3.63, 3.8) is 0 Å². The molecule has 1 fully saturated rings. The molecule has 0 saturated carbocycles. The third kappa shape index (κ3) is 4.29. The number of rotatable bonds is 4. The van der Waals surface area contributed by atoms with E-state index in [-0.39, 0.29) is 17.4 Å². The summed E-state index contributed by atoms with van der Waals surface area (Å²) in [6.07, 6.45) is 6.26. The van der Waals surface area contributed by atoms with Crippen LogP contribution in [-0.2, 0) is 24.1 Å². The number of piperidine rings is 1. The van der Waals surface area contributed by atoms with Crippen molar-refractivity contribution >= 4 is 5.91 Å². The van der Waals surface area contributed by atoms with Crippen LogP contribution in [0.5, 0.6) is 0 Å². The van der Waals surface area contributed by atoms with E-state index in [1.54, 1.807) is 4.68 Å². The number of aromatic amines is 1. The average molecular weight is 430 g/mol. The van der Waals surface area contributed by atoms with Crippen LogP contribution < -0.4 is 5.56 Å². The van der Waals surface area contributed by atoms with Crippen molar-refractivity contribution in [3.8, 4) is 5.69 Å². The highest BCUT2D eigenvalue weighted by Crippen LogP contribution is 2.27. The predicted octanol–water partition coefficient (Wildman–Crippen LogP) is 4.14. The van der Waals surface area contributed by atoms with Gasteiger partial charge in [-0.15, -0.1) is 0 Å². The molecule has 0 spiro atoms. The first-order valence-electron chi connectivity index (χ1n) is 11.9. The minimum atomic E-state index is 0.0195. The van der Waals surface area contributed by atoms with Gasteiger partial charge in [0.15, 0.2) is 0 Å². The van der Waals surface area contributed by atoms with E-state index < -0.39 is 0 Å². The van der Waals surface area contributed by atoms with Crippen molar-refractivity contribution < 1.29 is 4.79 Å². The smallest absolute Gasteiger partial charge is 0.274 e. The van der Waals surface area contributed by atoms with E-state index in [1.807, 2.05) is 30.3 Å². The number of nitrogens with one attached hydrogen (secondary N) is 1. The molecule has 5 heteroatoms. The number of carbonyl (C=O) groups excluding carboxylic acids is 1. The fourth-order valence-electron chi connectivity index (χ4n) is 5.33. The Morgan fingerprint density at radius 1 is 0.875 bits per heavy atom. The number of carbonyl (C=O) groups is 1. The summed E-state index contributed by atoms with van der Waals surface area (Å²) in [4.78, 5) is 28.3. The Morgan fingerprint density at radius 2 is 1.53 bits per heavy atom. The van der Waals surface area contributed by atoms with Crippen molar-refractivity contribution in [2.24, 2.45) is 11.8 Å². The van der Waals surface area contributed by atoms with Crippen molar-refractivity contribution in [2.75, 3.05) is 13.1 Å². The Hall–Kier alpha value is -3.08. The van der Waals surface area contributed by atoms with Crippen LogP contribution in [0.25, 0.3) is 5.69 Å². The first-order valence-corrected chi connectivity index (χ1v) is 11.9. The summed E-state index contributed by atoms with van der Waals surface area (Å²) in [5, 5.41) is 3.31. The maximum Gasteiger partial charge on any atom is 0.274 e. The van der Waals surface area contributed by atoms with Crippen molar-refractivity contribution in [1.29, 1.82) is 0 Å². The normalized spacial score (nSPS) is 19.4. The van der Waals surface area contributed by atoms with E-state index in [4.69, 9.17) is 0 Å². The van der Waals surface area contributed by atoms with Crippen LogP contribution in [0.15, 0.2) is 65.5 Å². The van der Waals surface area contributed by atoms with Crippen LogP contribution in [0.3, 0.4) is 0 Å². The lowest BCUT2D eigenvalue weighted by Crippen LogP contribution is -2.42. The number of H-pyrrole nitrogens is 1. The summed E-state index contributed by atoms with van der Waals surface area (Å²) in [6.45, 7) is 1.72. The third-order valence-electron chi connectivity index (χ3n) is 7.21. The minimum absolute atomic E-state index is 0.0195. The van der Waals surface area contributed by atoms with Gasteiger partial charge in [-0.3, -0.25) is 14.7 Å². The Kier molecular flexibility index (Phi) is 5.97. The standard InChI is InChI=1S/C27H31N3O2/c31-26(29-17-15-21(16-18-29)19-20-7-3-1-4-8-20)22-11-13-24-25(14-12-22)28-30(27(24)32)23-9-5-2-6-10-23/h1-10,21-22,28H,11-19H2.